The van der Waals surface area contributed by atoms with Crippen LogP contribution in [0.3, 0.4) is 0 Å². The van der Waals surface area contributed by atoms with Gasteiger partial charge in [0.15, 0.2) is 11.5 Å². The SMILES string of the molecule is COc1cc(/C=N\NC(=O)CN(c2ccc(C)c(C)c2)S(C)(=O)=O)cc(Br)c1OC. The molecule has 0 aliphatic rings. The van der Waals surface area contributed by atoms with E-state index in [-0.39, 0.29) is 0 Å². The van der Waals surface area contributed by atoms with Crippen LogP contribution in [-0.2, 0) is 14.8 Å². The first kappa shape index (κ1) is 23.7. The number of nitrogens with zero attached hydrogens (tertiary/aromatic N) is 2. The van der Waals surface area contributed by atoms with E-state index in [1.54, 1.807) is 24.3 Å². The molecule has 2 aromatic rings. The van der Waals surface area contributed by atoms with Crippen LogP contribution >= 0.6 is 15.9 Å². The van der Waals surface area contributed by atoms with Gasteiger partial charge in [0.25, 0.3) is 5.91 Å². The Morgan fingerprint density at radius 1 is 1.17 bits per heavy atom. The third-order valence-corrected chi connectivity index (χ3v) is 6.05. The first-order valence-corrected chi connectivity index (χ1v) is 11.5. The number of hydrogen-bond acceptors (Lipinski definition) is 6. The Balaban J connectivity index is 2.15. The molecule has 1 N–H and O–H groups in total. The van der Waals surface area contributed by atoms with E-state index in [1.165, 1.54) is 20.4 Å². The minimum atomic E-state index is -3.66. The molecule has 0 aliphatic heterocycles. The van der Waals surface area contributed by atoms with Gasteiger partial charge in [-0.3, -0.25) is 9.10 Å². The largest absolute Gasteiger partial charge is 0.493 e. The van der Waals surface area contributed by atoms with Crippen LogP contribution in [0, 0.1) is 13.8 Å². The first-order chi connectivity index (χ1) is 14.1. The van der Waals surface area contributed by atoms with Crippen LogP contribution in [0.25, 0.3) is 0 Å². The molecule has 2 rings (SSSR count). The molecule has 0 aliphatic carbocycles. The van der Waals surface area contributed by atoms with Crippen molar-refractivity contribution in [2.75, 3.05) is 31.3 Å². The molecule has 0 aromatic heterocycles. The Morgan fingerprint density at radius 3 is 2.43 bits per heavy atom. The maximum Gasteiger partial charge on any atom is 0.260 e. The van der Waals surface area contributed by atoms with Crippen LogP contribution in [0.15, 0.2) is 39.9 Å². The van der Waals surface area contributed by atoms with Gasteiger partial charge >= 0.3 is 0 Å². The quantitative estimate of drug-likeness (QED) is 0.446. The normalized spacial score (nSPS) is 11.4. The molecule has 0 bridgehead atoms. The van der Waals surface area contributed by atoms with Crippen molar-refractivity contribution in [3.05, 3.63) is 51.5 Å². The number of amides is 1. The second-order valence-corrected chi connectivity index (χ2v) is 9.33. The number of nitrogens with one attached hydrogen (secondary N) is 1. The van der Waals surface area contributed by atoms with Crippen molar-refractivity contribution >= 4 is 43.8 Å². The minimum Gasteiger partial charge on any atom is -0.493 e. The molecule has 10 heteroatoms. The summed E-state index contributed by atoms with van der Waals surface area (Å²) < 4.78 is 36.6. The second kappa shape index (κ2) is 9.94. The second-order valence-electron chi connectivity index (χ2n) is 6.57. The monoisotopic (exact) mass is 497 g/mol. The van der Waals surface area contributed by atoms with E-state index < -0.39 is 22.5 Å². The fourth-order valence-corrected chi connectivity index (χ4v) is 4.11. The zero-order chi connectivity index (χ0) is 22.5. The highest BCUT2D eigenvalue weighted by atomic mass is 79.9. The standard InChI is InChI=1S/C20H24BrN3O5S/c1-13-6-7-16(8-14(13)2)24(30(5,26)27)12-19(25)23-22-11-15-9-17(21)20(29-4)18(10-15)28-3/h6-11H,12H2,1-5H3,(H,23,25)/b22-11-. The minimum absolute atomic E-state index is 0.395. The van der Waals surface area contributed by atoms with Gasteiger partial charge in [-0.2, -0.15) is 5.10 Å². The molecule has 0 spiro atoms. The molecule has 0 saturated carbocycles. The number of hydrogen-bond donors (Lipinski definition) is 1. The number of methoxy groups -OCH3 is 2. The summed E-state index contributed by atoms with van der Waals surface area (Å²) in [6.45, 7) is 3.41. The average Bonchev–Trinajstić information content (AvgIpc) is 2.67. The topological polar surface area (TPSA) is 97.3 Å². The predicted octanol–water partition coefficient (Wildman–Crippen LogP) is 3.00. The lowest BCUT2D eigenvalue weighted by Crippen LogP contribution is -2.39. The highest BCUT2D eigenvalue weighted by molar-refractivity contribution is 9.10. The van der Waals surface area contributed by atoms with Gasteiger partial charge < -0.3 is 9.47 Å². The van der Waals surface area contributed by atoms with Gasteiger partial charge in [-0.05, 0) is 70.7 Å². The van der Waals surface area contributed by atoms with Crippen molar-refractivity contribution in [2.24, 2.45) is 5.10 Å². The van der Waals surface area contributed by atoms with Crippen LogP contribution in [0.4, 0.5) is 5.69 Å². The van der Waals surface area contributed by atoms with Gasteiger partial charge in [-0.15, -0.1) is 0 Å². The molecule has 0 atom stereocenters. The van der Waals surface area contributed by atoms with Crippen LogP contribution in [0.1, 0.15) is 16.7 Å². The van der Waals surface area contributed by atoms with Gasteiger partial charge in [-0.25, -0.2) is 13.8 Å². The summed E-state index contributed by atoms with van der Waals surface area (Å²) in [5.41, 5.74) is 5.38. The highest BCUT2D eigenvalue weighted by Gasteiger charge is 2.21. The summed E-state index contributed by atoms with van der Waals surface area (Å²) in [6, 6.07) is 8.65. The molecule has 0 fully saturated rings. The van der Waals surface area contributed by atoms with Gasteiger partial charge in [0, 0.05) is 0 Å². The molecule has 30 heavy (non-hydrogen) atoms. The van der Waals surface area contributed by atoms with Crippen LogP contribution < -0.4 is 19.2 Å². The van der Waals surface area contributed by atoms with Crippen LogP contribution in [0.2, 0.25) is 0 Å². The number of ether oxygens (including phenoxy) is 2. The summed E-state index contributed by atoms with van der Waals surface area (Å²) >= 11 is 3.38. The fourth-order valence-electron chi connectivity index (χ4n) is 2.64. The Labute approximate surface area is 185 Å². The molecule has 2 aromatic carbocycles. The number of halogens is 1. The third kappa shape index (κ3) is 5.96. The van der Waals surface area contributed by atoms with Gasteiger partial charge in [0.1, 0.15) is 6.54 Å². The molecule has 0 heterocycles. The molecule has 0 radical (unpaired) electrons. The van der Waals surface area contributed by atoms with Crippen LogP contribution in [0.5, 0.6) is 11.5 Å². The van der Waals surface area contributed by atoms with Crippen molar-refractivity contribution in [1.29, 1.82) is 0 Å². The predicted molar refractivity (Wildman–Crippen MR) is 121 cm³/mol. The Hall–Kier alpha value is -2.59. The lowest BCUT2D eigenvalue weighted by Gasteiger charge is -2.22. The number of carbonyl (C=O) groups excluding carboxylic acids is 1. The van der Waals surface area contributed by atoms with E-state index in [1.807, 2.05) is 19.9 Å². The van der Waals surface area contributed by atoms with Crippen molar-refractivity contribution in [1.82, 2.24) is 5.43 Å². The molecule has 8 nitrogen and oxygen atoms in total. The lowest BCUT2D eigenvalue weighted by molar-refractivity contribution is -0.119. The maximum absolute atomic E-state index is 12.3. The number of rotatable bonds is 8. The molecule has 0 saturated heterocycles. The Bertz CT molecular complexity index is 1070. The zero-order valence-corrected chi connectivity index (χ0v) is 19.8. The highest BCUT2D eigenvalue weighted by Crippen LogP contribution is 2.35. The Kier molecular flexibility index (Phi) is 7.85. The van der Waals surface area contributed by atoms with E-state index in [0.29, 0.717) is 27.2 Å². The van der Waals surface area contributed by atoms with Gasteiger partial charge in [0.2, 0.25) is 10.0 Å². The van der Waals surface area contributed by atoms with Crippen molar-refractivity contribution in [3.8, 4) is 11.5 Å². The number of hydrazone groups is 1. The number of anilines is 1. The number of benzene rings is 2. The number of aryl methyl sites for hydroxylation is 2. The summed E-state index contributed by atoms with van der Waals surface area (Å²) in [5.74, 6) is 0.461. The Morgan fingerprint density at radius 2 is 1.87 bits per heavy atom. The third-order valence-electron chi connectivity index (χ3n) is 4.32. The molecule has 1 amide bonds. The summed E-state index contributed by atoms with van der Waals surface area (Å²) in [4.78, 5) is 12.3. The summed E-state index contributed by atoms with van der Waals surface area (Å²) in [6.07, 6.45) is 2.48. The van der Waals surface area contributed by atoms with E-state index in [4.69, 9.17) is 9.47 Å². The van der Waals surface area contributed by atoms with E-state index >= 15 is 0 Å². The molecular weight excluding hydrogens is 474 g/mol. The van der Waals surface area contributed by atoms with Crippen molar-refractivity contribution in [2.45, 2.75) is 13.8 Å². The average molecular weight is 498 g/mol. The van der Waals surface area contributed by atoms with Gasteiger partial charge in [-0.1, -0.05) is 6.07 Å². The lowest BCUT2D eigenvalue weighted by atomic mass is 10.1. The number of sulfonamides is 1. The fraction of sp³-hybridized carbons (Fsp3) is 0.300. The summed E-state index contributed by atoms with van der Waals surface area (Å²) in [7, 11) is -0.617. The first-order valence-electron chi connectivity index (χ1n) is 8.85. The molecule has 0 unspecified atom stereocenters. The van der Waals surface area contributed by atoms with Gasteiger partial charge in [0.05, 0.1) is 36.9 Å². The van der Waals surface area contributed by atoms with E-state index in [0.717, 1.165) is 21.7 Å². The summed E-state index contributed by atoms with van der Waals surface area (Å²) in [5, 5.41) is 3.91. The molecule has 162 valence electrons. The van der Waals surface area contributed by atoms with Crippen molar-refractivity contribution < 1.29 is 22.7 Å². The van der Waals surface area contributed by atoms with E-state index in [2.05, 4.69) is 26.5 Å². The number of carbonyl (C=O) groups is 1. The van der Waals surface area contributed by atoms with Crippen LogP contribution in [-0.4, -0.2) is 47.6 Å². The molecular formula is C20H24BrN3O5S. The van der Waals surface area contributed by atoms with Crippen molar-refractivity contribution in [3.63, 3.8) is 0 Å². The smallest absolute Gasteiger partial charge is 0.260 e. The van der Waals surface area contributed by atoms with E-state index in [9.17, 15) is 13.2 Å². The maximum atomic E-state index is 12.3. The zero-order valence-electron chi connectivity index (χ0n) is 17.4.